The van der Waals surface area contributed by atoms with Gasteiger partial charge in [-0.3, -0.25) is 0 Å². The maximum atomic E-state index is 5.75. The largest absolute Gasteiger partial charge is 0.497 e. The van der Waals surface area contributed by atoms with Crippen molar-refractivity contribution in [3.05, 3.63) is 48.5 Å². The molecule has 0 bridgehead atoms. The van der Waals surface area contributed by atoms with Gasteiger partial charge in [0.15, 0.2) is 5.11 Å². The fourth-order valence-corrected chi connectivity index (χ4v) is 2.53. The third kappa shape index (κ3) is 6.80. The van der Waals surface area contributed by atoms with Crippen molar-refractivity contribution in [2.75, 3.05) is 19.0 Å². The Morgan fingerprint density at radius 2 is 1.50 bits per heavy atom. The monoisotopic (exact) mass is 374 g/mol. The van der Waals surface area contributed by atoms with Crippen LogP contribution in [0.5, 0.6) is 17.2 Å². The van der Waals surface area contributed by atoms with Crippen LogP contribution in [0.3, 0.4) is 0 Å². The van der Waals surface area contributed by atoms with Gasteiger partial charge in [0.2, 0.25) is 0 Å². The minimum absolute atomic E-state index is 0.0562. The standard InChI is InChI=1S/C20H26N2O3S/c1-14(2)25-19-7-5-16(6-8-19)22-20(26)21-15(3)13-24-18-11-9-17(23-4)10-12-18/h5-12,14-15H,13H2,1-4H3,(H2,21,22,26)/t15-/m1/s1. The average Bonchev–Trinajstić information content (AvgIpc) is 2.61. The summed E-state index contributed by atoms with van der Waals surface area (Å²) in [6.45, 7) is 6.51. The molecule has 0 radical (unpaired) electrons. The van der Waals surface area contributed by atoms with Crippen LogP contribution in [-0.2, 0) is 0 Å². The minimum atomic E-state index is 0.0562. The fraction of sp³-hybridized carbons (Fsp3) is 0.350. The molecule has 5 nitrogen and oxygen atoms in total. The van der Waals surface area contributed by atoms with E-state index < -0.39 is 0 Å². The summed E-state index contributed by atoms with van der Waals surface area (Å²) in [4.78, 5) is 0. The Kier molecular flexibility index (Phi) is 7.53. The van der Waals surface area contributed by atoms with Crippen molar-refractivity contribution in [2.45, 2.75) is 32.9 Å². The Morgan fingerprint density at radius 1 is 0.923 bits per heavy atom. The topological polar surface area (TPSA) is 51.8 Å². The van der Waals surface area contributed by atoms with E-state index in [2.05, 4.69) is 10.6 Å². The first kappa shape index (κ1) is 19.8. The quantitative estimate of drug-likeness (QED) is 0.674. The van der Waals surface area contributed by atoms with E-state index in [1.807, 2.05) is 69.3 Å². The van der Waals surface area contributed by atoms with Crippen LogP contribution in [0.1, 0.15) is 20.8 Å². The van der Waals surface area contributed by atoms with Crippen LogP contribution in [0.25, 0.3) is 0 Å². The predicted octanol–water partition coefficient (Wildman–Crippen LogP) is 4.24. The summed E-state index contributed by atoms with van der Waals surface area (Å²) in [5.74, 6) is 2.43. The van der Waals surface area contributed by atoms with Crippen LogP contribution in [0.2, 0.25) is 0 Å². The molecule has 0 fully saturated rings. The lowest BCUT2D eigenvalue weighted by atomic mass is 10.3. The number of anilines is 1. The minimum Gasteiger partial charge on any atom is -0.497 e. The molecular weight excluding hydrogens is 348 g/mol. The van der Waals surface area contributed by atoms with E-state index in [1.165, 1.54) is 0 Å². The summed E-state index contributed by atoms with van der Waals surface area (Å²) in [5, 5.41) is 6.92. The number of nitrogens with one attached hydrogen (secondary N) is 2. The highest BCUT2D eigenvalue weighted by Gasteiger charge is 2.06. The Balaban J connectivity index is 1.75. The van der Waals surface area contributed by atoms with Crippen LogP contribution in [0, 0.1) is 0 Å². The van der Waals surface area contributed by atoms with Gasteiger partial charge in [-0.15, -0.1) is 0 Å². The van der Waals surface area contributed by atoms with Crippen molar-refractivity contribution < 1.29 is 14.2 Å². The van der Waals surface area contributed by atoms with Crippen LogP contribution >= 0.6 is 12.2 Å². The molecule has 140 valence electrons. The third-order valence-electron chi connectivity index (χ3n) is 3.42. The maximum Gasteiger partial charge on any atom is 0.171 e. The molecule has 26 heavy (non-hydrogen) atoms. The molecular formula is C20H26N2O3S. The molecule has 0 amide bonds. The maximum absolute atomic E-state index is 5.75. The zero-order chi connectivity index (χ0) is 18.9. The molecule has 0 spiro atoms. The van der Waals surface area contributed by atoms with Crippen LogP contribution in [0.4, 0.5) is 5.69 Å². The van der Waals surface area contributed by atoms with Crippen LogP contribution in [-0.4, -0.2) is 31.0 Å². The summed E-state index contributed by atoms with van der Waals surface area (Å²) in [7, 11) is 1.64. The molecule has 0 aliphatic heterocycles. The first-order valence-corrected chi connectivity index (χ1v) is 8.98. The van der Waals surface area contributed by atoms with Gasteiger partial charge in [-0.1, -0.05) is 0 Å². The van der Waals surface area contributed by atoms with Crippen molar-refractivity contribution in [1.82, 2.24) is 5.32 Å². The summed E-state index contributed by atoms with van der Waals surface area (Å²) >= 11 is 5.35. The molecule has 2 rings (SSSR count). The van der Waals surface area contributed by atoms with E-state index >= 15 is 0 Å². The molecule has 0 heterocycles. The number of rotatable bonds is 8. The summed E-state index contributed by atoms with van der Waals surface area (Å²) in [6, 6.07) is 15.3. The van der Waals surface area contributed by atoms with Crippen LogP contribution in [0.15, 0.2) is 48.5 Å². The van der Waals surface area contributed by atoms with E-state index in [-0.39, 0.29) is 12.1 Å². The molecule has 0 aliphatic carbocycles. The van der Waals surface area contributed by atoms with Crippen molar-refractivity contribution >= 4 is 23.0 Å². The first-order chi connectivity index (χ1) is 12.5. The number of benzene rings is 2. The molecule has 0 saturated heterocycles. The lowest BCUT2D eigenvalue weighted by Gasteiger charge is -2.18. The number of thiocarbonyl (C=S) groups is 1. The zero-order valence-electron chi connectivity index (χ0n) is 15.6. The van der Waals surface area contributed by atoms with Gasteiger partial charge in [0.1, 0.15) is 23.9 Å². The predicted molar refractivity (Wildman–Crippen MR) is 110 cm³/mol. The Morgan fingerprint density at radius 3 is 2.08 bits per heavy atom. The smallest absolute Gasteiger partial charge is 0.171 e. The molecule has 1 atom stereocenters. The fourth-order valence-electron chi connectivity index (χ4n) is 2.21. The Bertz CT molecular complexity index is 687. The highest BCUT2D eigenvalue weighted by Crippen LogP contribution is 2.18. The van der Waals surface area contributed by atoms with Gasteiger partial charge in [0.05, 0.1) is 19.3 Å². The molecule has 2 aromatic rings. The Hall–Kier alpha value is -2.47. The second-order valence-electron chi connectivity index (χ2n) is 6.18. The van der Waals surface area contributed by atoms with E-state index in [9.17, 15) is 0 Å². The van der Waals surface area contributed by atoms with Crippen molar-refractivity contribution in [2.24, 2.45) is 0 Å². The molecule has 2 N–H and O–H groups in total. The van der Waals surface area contributed by atoms with E-state index in [0.29, 0.717) is 11.7 Å². The van der Waals surface area contributed by atoms with Gasteiger partial charge in [0.25, 0.3) is 0 Å². The van der Waals surface area contributed by atoms with Gasteiger partial charge in [-0.2, -0.15) is 0 Å². The second kappa shape index (κ2) is 9.87. The second-order valence-corrected chi connectivity index (χ2v) is 6.59. The summed E-state index contributed by atoms with van der Waals surface area (Å²) in [6.07, 6.45) is 0.156. The van der Waals surface area contributed by atoms with E-state index in [4.69, 9.17) is 26.4 Å². The molecule has 0 aliphatic rings. The zero-order valence-corrected chi connectivity index (χ0v) is 16.4. The summed E-state index contributed by atoms with van der Waals surface area (Å²) < 4.78 is 16.5. The number of hydrogen-bond donors (Lipinski definition) is 2. The molecule has 6 heteroatoms. The van der Waals surface area contributed by atoms with E-state index in [0.717, 1.165) is 22.9 Å². The van der Waals surface area contributed by atoms with Crippen LogP contribution < -0.4 is 24.8 Å². The number of hydrogen-bond acceptors (Lipinski definition) is 4. The van der Waals surface area contributed by atoms with Gasteiger partial charge in [-0.05, 0) is 81.5 Å². The summed E-state index contributed by atoms with van der Waals surface area (Å²) in [5.41, 5.74) is 0.905. The van der Waals surface area contributed by atoms with Gasteiger partial charge in [0, 0.05) is 5.69 Å². The first-order valence-electron chi connectivity index (χ1n) is 8.57. The normalized spacial score (nSPS) is 11.6. The number of methoxy groups -OCH3 is 1. The molecule has 0 saturated carbocycles. The number of ether oxygens (including phenoxy) is 3. The molecule has 0 aromatic heterocycles. The lowest BCUT2D eigenvalue weighted by Crippen LogP contribution is -2.39. The van der Waals surface area contributed by atoms with Crippen molar-refractivity contribution in [1.29, 1.82) is 0 Å². The molecule has 2 aromatic carbocycles. The van der Waals surface area contributed by atoms with Crippen molar-refractivity contribution in [3.8, 4) is 17.2 Å². The van der Waals surface area contributed by atoms with Gasteiger partial charge < -0.3 is 24.8 Å². The Labute approximate surface area is 160 Å². The van der Waals surface area contributed by atoms with E-state index in [1.54, 1.807) is 7.11 Å². The molecule has 0 unspecified atom stereocenters. The van der Waals surface area contributed by atoms with Gasteiger partial charge in [-0.25, -0.2) is 0 Å². The third-order valence-corrected chi connectivity index (χ3v) is 3.64. The lowest BCUT2D eigenvalue weighted by molar-refractivity contribution is 0.242. The average molecular weight is 375 g/mol. The van der Waals surface area contributed by atoms with Crippen molar-refractivity contribution in [3.63, 3.8) is 0 Å². The SMILES string of the molecule is COc1ccc(OC[C@@H](C)NC(=S)Nc2ccc(OC(C)C)cc2)cc1. The van der Waals surface area contributed by atoms with Gasteiger partial charge >= 0.3 is 0 Å². The highest BCUT2D eigenvalue weighted by atomic mass is 32.1. The highest BCUT2D eigenvalue weighted by molar-refractivity contribution is 7.80.